The number of halogens is 3. The zero-order valence-electron chi connectivity index (χ0n) is 5.43. The smallest absolute Gasteiger partial charge is 0.285 e. The van der Waals surface area contributed by atoms with E-state index in [2.05, 4.69) is 0 Å². The molecular formula is C5H6F3NO2. The lowest BCUT2D eigenvalue weighted by atomic mass is 10.2. The molecule has 0 radical (unpaired) electrons. The molecule has 1 amide bonds. The third-order valence-electron chi connectivity index (χ3n) is 1.56. The fraction of sp³-hybridized carbons (Fsp3) is 0.800. The van der Waals surface area contributed by atoms with E-state index in [1.165, 1.54) is 0 Å². The lowest BCUT2D eigenvalue weighted by Gasteiger charge is -2.19. The molecule has 0 bridgehead atoms. The second-order valence-electron chi connectivity index (χ2n) is 2.33. The quantitative estimate of drug-likeness (QED) is 0.548. The average Bonchev–Trinajstić information content (AvgIpc) is 2.11. The van der Waals surface area contributed by atoms with Crippen LogP contribution in [0.15, 0.2) is 0 Å². The van der Waals surface area contributed by atoms with Crippen molar-refractivity contribution in [2.24, 2.45) is 0 Å². The minimum Gasteiger partial charge on any atom is -0.285 e. The Balaban J connectivity index is 2.70. The molecule has 1 N–H and O–H groups in total. The molecule has 1 saturated heterocycles. The van der Waals surface area contributed by atoms with E-state index in [-0.39, 0.29) is 17.9 Å². The fourth-order valence-electron chi connectivity index (χ4n) is 0.973. The van der Waals surface area contributed by atoms with Gasteiger partial charge in [0, 0.05) is 6.42 Å². The number of amides is 1. The topological polar surface area (TPSA) is 40.5 Å². The molecule has 64 valence electrons. The molecule has 0 aromatic carbocycles. The van der Waals surface area contributed by atoms with E-state index < -0.39 is 18.1 Å². The molecule has 1 heterocycles. The van der Waals surface area contributed by atoms with E-state index in [1.807, 2.05) is 0 Å². The van der Waals surface area contributed by atoms with Crippen LogP contribution in [0.5, 0.6) is 0 Å². The molecule has 0 aliphatic carbocycles. The highest BCUT2D eigenvalue weighted by atomic mass is 19.4. The van der Waals surface area contributed by atoms with Crippen LogP contribution in [-0.2, 0) is 4.79 Å². The summed E-state index contributed by atoms with van der Waals surface area (Å²) >= 11 is 0. The standard InChI is InChI=1S/C5H6F3NO2/c6-5(7,8)3-1-2-4(10)9(3)11/h3,11H,1-2H2/t3-/m0/s1. The van der Waals surface area contributed by atoms with Crippen molar-refractivity contribution < 1.29 is 23.2 Å². The molecule has 0 aromatic heterocycles. The van der Waals surface area contributed by atoms with E-state index >= 15 is 0 Å². The SMILES string of the molecule is O=C1CC[C@@H](C(F)(F)F)N1O. The summed E-state index contributed by atoms with van der Waals surface area (Å²) in [6.45, 7) is 0. The average molecular weight is 169 g/mol. The first-order valence-electron chi connectivity index (χ1n) is 3.00. The second-order valence-corrected chi connectivity index (χ2v) is 2.33. The van der Waals surface area contributed by atoms with Gasteiger partial charge in [-0.2, -0.15) is 13.2 Å². The summed E-state index contributed by atoms with van der Waals surface area (Å²) in [7, 11) is 0. The number of alkyl halides is 3. The first kappa shape index (κ1) is 8.32. The van der Waals surface area contributed by atoms with Gasteiger partial charge in [-0.1, -0.05) is 0 Å². The summed E-state index contributed by atoms with van der Waals surface area (Å²) in [5.41, 5.74) is 0. The summed E-state index contributed by atoms with van der Waals surface area (Å²) in [6, 6.07) is -2.00. The lowest BCUT2D eigenvalue weighted by Crippen LogP contribution is -2.40. The third kappa shape index (κ3) is 1.45. The van der Waals surface area contributed by atoms with Crippen molar-refractivity contribution in [2.45, 2.75) is 25.1 Å². The Bertz CT molecular complexity index is 179. The number of hydrogen-bond donors (Lipinski definition) is 1. The normalized spacial score (nSPS) is 26.4. The second kappa shape index (κ2) is 2.37. The fourth-order valence-corrected chi connectivity index (χ4v) is 0.973. The maximum absolute atomic E-state index is 11.8. The molecule has 1 rings (SSSR count). The van der Waals surface area contributed by atoms with Crippen molar-refractivity contribution >= 4 is 5.91 Å². The van der Waals surface area contributed by atoms with Crippen molar-refractivity contribution in [2.75, 3.05) is 0 Å². The van der Waals surface area contributed by atoms with E-state index in [0.717, 1.165) is 0 Å². The van der Waals surface area contributed by atoms with E-state index in [1.54, 1.807) is 0 Å². The molecule has 0 saturated carbocycles. The highest BCUT2D eigenvalue weighted by Gasteiger charge is 2.48. The predicted octanol–water partition coefficient (Wildman–Crippen LogP) is 0.929. The molecule has 1 fully saturated rings. The summed E-state index contributed by atoms with van der Waals surface area (Å²) < 4.78 is 35.5. The molecule has 0 unspecified atom stereocenters. The monoisotopic (exact) mass is 169 g/mol. The Morgan fingerprint density at radius 1 is 1.55 bits per heavy atom. The van der Waals surface area contributed by atoms with Crippen molar-refractivity contribution in [3.63, 3.8) is 0 Å². The van der Waals surface area contributed by atoms with Crippen LogP contribution in [0.25, 0.3) is 0 Å². The minimum atomic E-state index is -4.51. The van der Waals surface area contributed by atoms with Crippen LogP contribution in [0.3, 0.4) is 0 Å². The number of hydrogen-bond acceptors (Lipinski definition) is 2. The molecule has 0 spiro atoms. The van der Waals surface area contributed by atoms with Gasteiger partial charge in [0.1, 0.15) is 0 Å². The Morgan fingerprint density at radius 3 is 2.27 bits per heavy atom. The third-order valence-corrected chi connectivity index (χ3v) is 1.56. The van der Waals surface area contributed by atoms with Gasteiger partial charge in [0.25, 0.3) is 0 Å². The number of nitrogens with zero attached hydrogens (tertiary/aromatic N) is 1. The summed E-state index contributed by atoms with van der Waals surface area (Å²) in [5, 5.41) is 8.32. The Kier molecular flexibility index (Phi) is 1.79. The van der Waals surface area contributed by atoms with Crippen LogP contribution in [0.2, 0.25) is 0 Å². The number of hydroxylamine groups is 2. The van der Waals surface area contributed by atoms with Crippen LogP contribution in [-0.4, -0.2) is 28.4 Å². The summed E-state index contributed by atoms with van der Waals surface area (Å²) in [6.07, 6.45) is -5.10. The van der Waals surface area contributed by atoms with E-state index in [9.17, 15) is 18.0 Å². The largest absolute Gasteiger partial charge is 0.411 e. The summed E-state index contributed by atoms with van der Waals surface area (Å²) in [4.78, 5) is 10.4. The van der Waals surface area contributed by atoms with Gasteiger partial charge in [-0.3, -0.25) is 10.0 Å². The molecule has 6 heteroatoms. The van der Waals surface area contributed by atoms with E-state index in [4.69, 9.17) is 5.21 Å². The van der Waals surface area contributed by atoms with Gasteiger partial charge in [0.05, 0.1) is 0 Å². The van der Waals surface area contributed by atoms with Gasteiger partial charge in [-0.15, -0.1) is 0 Å². The van der Waals surface area contributed by atoms with Crippen LogP contribution < -0.4 is 0 Å². The van der Waals surface area contributed by atoms with Crippen molar-refractivity contribution in [3.8, 4) is 0 Å². The van der Waals surface area contributed by atoms with Gasteiger partial charge < -0.3 is 0 Å². The van der Waals surface area contributed by atoms with Gasteiger partial charge >= 0.3 is 6.18 Å². The molecule has 1 aliphatic rings. The maximum atomic E-state index is 11.8. The molecule has 3 nitrogen and oxygen atoms in total. The van der Waals surface area contributed by atoms with Crippen LogP contribution in [0, 0.1) is 0 Å². The van der Waals surface area contributed by atoms with Gasteiger partial charge in [-0.05, 0) is 6.42 Å². The van der Waals surface area contributed by atoms with Crippen LogP contribution in [0.1, 0.15) is 12.8 Å². The van der Waals surface area contributed by atoms with Gasteiger partial charge in [-0.25, -0.2) is 5.06 Å². The Hall–Kier alpha value is -0.780. The predicted molar refractivity (Wildman–Crippen MR) is 27.7 cm³/mol. The summed E-state index contributed by atoms with van der Waals surface area (Å²) in [5.74, 6) is -0.868. The van der Waals surface area contributed by atoms with Crippen molar-refractivity contribution in [3.05, 3.63) is 0 Å². The van der Waals surface area contributed by atoms with E-state index in [0.29, 0.717) is 0 Å². The number of carbonyl (C=O) groups excluding carboxylic acids is 1. The first-order chi connectivity index (χ1) is 4.93. The highest BCUT2D eigenvalue weighted by Crippen LogP contribution is 2.31. The minimum absolute atomic E-state index is 0.235. The highest BCUT2D eigenvalue weighted by molar-refractivity contribution is 5.77. The maximum Gasteiger partial charge on any atom is 0.411 e. The van der Waals surface area contributed by atoms with Gasteiger partial charge in [0.15, 0.2) is 6.04 Å². The lowest BCUT2D eigenvalue weighted by molar-refractivity contribution is -0.234. The molecular weight excluding hydrogens is 163 g/mol. The van der Waals surface area contributed by atoms with Gasteiger partial charge in [0.2, 0.25) is 5.91 Å². The van der Waals surface area contributed by atoms with Crippen LogP contribution >= 0.6 is 0 Å². The van der Waals surface area contributed by atoms with Crippen molar-refractivity contribution in [1.82, 2.24) is 5.06 Å². The Labute approximate surface area is 60.4 Å². The van der Waals surface area contributed by atoms with Crippen molar-refractivity contribution in [1.29, 1.82) is 0 Å². The molecule has 0 aromatic rings. The number of carbonyl (C=O) groups is 1. The molecule has 1 atom stereocenters. The first-order valence-corrected chi connectivity index (χ1v) is 3.00. The van der Waals surface area contributed by atoms with Crippen LogP contribution in [0.4, 0.5) is 13.2 Å². The zero-order valence-corrected chi connectivity index (χ0v) is 5.43. The number of rotatable bonds is 0. The Morgan fingerprint density at radius 2 is 2.09 bits per heavy atom. The zero-order chi connectivity index (χ0) is 8.65. The molecule has 1 aliphatic heterocycles. The molecule has 11 heavy (non-hydrogen) atoms.